The molecular formula is C57H36N4. The molecule has 61 heavy (non-hydrogen) atoms. The van der Waals surface area contributed by atoms with E-state index in [1.54, 1.807) is 0 Å². The molecule has 0 aliphatic rings. The first-order valence-corrected chi connectivity index (χ1v) is 20.7. The lowest BCUT2D eigenvalue weighted by atomic mass is 9.90. The maximum Gasteiger partial charge on any atom is 0.164 e. The topological polar surface area (TPSA) is 43.6 Å². The molecular weight excluding hydrogens is 741 g/mol. The Kier molecular flexibility index (Phi) is 8.13. The van der Waals surface area contributed by atoms with Crippen LogP contribution in [0.1, 0.15) is 0 Å². The fourth-order valence-corrected chi connectivity index (χ4v) is 9.10. The number of aromatic nitrogens is 4. The molecule has 10 aromatic carbocycles. The maximum absolute atomic E-state index is 5.02. The molecule has 12 rings (SSSR count). The van der Waals surface area contributed by atoms with E-state index in [9.17, 15) is 0 Å². The van der Waals surface area contributed by atoms with Crippen molar-refractivity contribution in [1.82, 2.24) is 19.5 Å². The van der Waals surface area contributed by atoms with Gasteiger partial charge >= 0.3 is 0 Å². The molecule has 0 atom stereocenters. The molecule has 0 saturated heterocycles. The van der Waals surface area contributed by atoms with Crippen molar-refractivity contribution in [1.29, 1.82) is 0 Å². The molecule has 2 heterocycles. The third-order valence-corrected chi connectivity index (χ3v) is 12.0. The summed E-state index contributed by atoms with van der Waals surface area (Å²) in [7, 11) is 0. The lowest BCUT2D eigenvalue weighted by Gasteiger charge is -2.14. The number of nitrogens with zero attached hydrogens (tertiary/aromatic N) is 4. The second-order valence-electron chi connectivity index (χ2n) is 15.6. The van der Waals surface area contributed by atoms with Crippen LogP contribution in [0.4, 0.5) is 0 Å². The first-order valence-electron chi connectivity index (χ1n) is 20.7. The third-order valence-electron chi connectivity index (χ3n) is 12.0. The molecule has 0 bridgehead atoms. The fourth-order valence-electron chi connectivity index (χ4n) is 9.10. The first-order chi connectivity index (χ1) is 30.2. The number of rotatable bonds is 6. The van der Waals surface area contributed by atoms with E-state index in [0.29, 0.717) is 17.5 Å². The van der Waals surface area contributed by atoms with Gasteiger partial charge in [0, 0.05) is 33.2 Å². The first kappa shape index (κ1) is 34.8. The second-order valence-corrected chi connectivity index (χ2v) is 15.6. The van der Waals surface area contributed by atoms with Crippen LogP contribution >= 0.6 is 0 Å². The summed E-state index contributed by atoms with van der Waals surface area (Å²) in [5, 5.41) is 9.93. The standard InChI is InChI=1S/C57H36N4/c1-4-15-37(16-5-1)55-58-56(38-17-6-2-7-18-38)60-57(59-55)43-20-14-19-39(33-43)40-27-30-47-45-23-10-11-24-46(45)50-35-41(28-31-48(50)51(47)34-40)42-29-32-54-52(36-42)49-25-12-13-26-53(49)61(54)44-21-8-3-9-22-44/h1-36H. The highest BCUT2D eigenvalue weighted by atomic mass is 15.0. The summed E-state index contributed by atoms with van der Waals surface area (Å²) in [6.45, 7) is 0. The van der Waals surface area contributed by atoms with Crippen molar-refractivity contribution < 1.29 is 0 Å². The van der Waals surface area contributed by atoms with Crippen LogP contribution in [0.2, 0.25) is 0 Å². The zero-order valence-electron chi connectivity index (χ0n) is 33.1. The van der Waals surface area contributed by atoms with Gasteiger partial charge < -0.3 is 4.57 Å². The summed E-state index contributed by atoms with van der Waals surface area (Å²) < 4.78 is 2.37. The van der Waals surface area contributed by atoms with Crippen LogP contribution in [0.15, 0.2) is 218 Å². The molecule has 12 aromatic rings. The summed E-state index contributed by atoms with van der Waals surface area (Å²) >= 11 is 0. The molecule has 4 nitrogen and oxygen atoms in total. The normalized spacial score (nSPS) is 11.6. The molecule has 0 aliphatic carbocycles. The molecule has 0 spiro atoms. The van der Waals surface area contributed by atoms with Gasteiger partial charge in [-0.2, -0.15) is 0 Å². The Morgan fingerprint density at radius 1 is 0.230 bits per heavy atom. The molecule has 0 unspecified atom stereocenters. The largest absolute Gasteiger partial charge is 0.309 e. The third kappa shape index (κ3) is 5.96. The fraction of sp³-hybridized carbons (Fsp3) is 0. The van der Waals surface area contributed by atoms with Crippen molar-refractivity contribution in [3.63, 3.8) is 0 Å². The van der Waals surface area contributed by atoms with E-state index in [0.717, 1.165) is 33.5 Å². The summed E-state index contributed by atoms with van der Waals surface area (Å²) in [5.74, 6) is 1.94. The van der Waals surface area contributed by atoms with Crippen LogP contribution < -0.4 is 0 Å². The summed E-state index contributed by atoms with van der Waals surface area (Å²) in [6, 6.07) is 77.8. The Bertz CT molecular complexity index is 3570. The van der Waals surface area contributed by atoms with E-state index in [-0.39, 0.29) is 0 Å². The van der Waals surface area contributed by atoms with Gasteiger partial charge in [0.1, 0.15) is 0 Å². The molecule has 0 aliphatic heterocycles. The number of benzene rings is 10. The summed E-state index contributed by atoms with van der Waals surface area (Å²) in [6.07, 6.45) is 0. The van der Waals surface area contributed by atoms with Gasteiger partial charge in [0.05, 0.1) is 11.0 Å². The highest BCUT2D eigenvalue weighted by molar-refractivity contribution is 6.26. The molecule has 0 saturated carbocycles. The summed E-state index contributed by atoms with van der Waals surface area (Å²) in [4.78, 5) is 14.9. The minimum Gasteiger partial charge on any atom is -0.309 e. The van der Waals surface area contributed by atoms with Crippen molar-refractivity contribution in [3.8, 4) is 62.1 Å². The zero-order valence-corrected chi connectivity index (χ0v) is 33.1. The van der Waals surface area contributed by atoms with E-state index in [4.69, 9.17) is 15.0 Å². The van der Waals surface area contributed by atoms with E-state index in [1.807, 2.05) is 60.7 Å². The predicted molar refractivity (Wildman–Crippen MR) is 254 cm³/mol. The van der Waals surface area contributed by atoms with Crippen molar-refractivity contribution in [2.45, 2.75) is 0 Å². The number of hydrogen-bond donors (Lipinski definition) is 0. The predicted octanol–water partition coefficient (Wildman–Crippen LogP) is 14.8. The highest BCUT2D eigenvalue weighted by Crippen LogP contribution is 2.41. The molecule has 0 fully saturated rings. The van der Waals surface area contributed by atoms with Gasteiger partial charge in [0.25, 0.3) is 0 Å². The smallest absolute Gasteiger partial charge is 0.164 e. The average molecular weight is 777 g/mol. The Morgan fingerprint density at radius 2 is 0.623 bits per heavy atom. The quantitative estimate of drug-likeness (QED) is 0.158. The van der Waals surface area contributed by atoms with Crippen LogP contribution in [-0.4, -0.2) is 19.5 Å². The number of fused-ring (bicyclic) bond motifs is 9. The van der Waals surface area contributed by atoms with Gasteiger partial charge in [-0.05, 0) is 103 Å². The van der Waals surface area contributed by atoms with Gasteiger partial charge in [-0.15, -0.1) is 0 Å². The average Bonchev–Trinajstić information content (AvgIpc) is 3.68. The molecule has 284 valence electrons. The highest BCUT2D eigenvalue weighted by Gasteiger charge is 2.17. The minimum absolute atomic E-state index is 0.641. The van der Waals surface area contributed by atoms with Crippen molar-refractivity contribution in [3.05, 3.63) is 218 Å². The van der Waals surface area contributed by atoms with Gasteiger partial charge in [-0.1, -0.05) is 170 Å². The number of hydrogen-bond acceptors (Lipinski definition) is 3. The minimum atomic E-state index is 0.641. The van der Waals surface area contributed by atoms with Crippen LogP contribution in [-0.2, 0) is 0 Å². The van der Waals surface area contributed by atoms with Crippen molar-refractivity contribution in [2.75, 3.05) is 0 Å². The zero-order chi connectivity index (χ0) is 40.3. The maximum atomic E-state index is 5.02. The summed E-state index contributed by atoms with van der Waals surface area (Å²) in [5.41, 5.74) is 11.0. The van der Waals surface area contributed by atoms with E-state index in [1.165, 1.54) is 65.3 Å². The monoisotopic (exact) mass is 776 g/mol. The lowest BCUT2D eigenvalue weighted by Crippen LogP contribution is -2.00. The second kappa shape index (κ2) is 14.3. The van der Waals surface area contributed by atoms with Crippen molar-refractivity contribution >= 4 is 54.1 Å². The molecule has 4 heteroatoms. The van der Waals surface area contributed by atoms with Crippen LogP contribution in [0, 0.1) is 0 Å². The number of para-hydroxylation sites is 2. The lowest BCUT2D eigenvalue weighted by molar-refractivity contribution is 1.07. The molecule has 0 radical (unpaired) electrons. The molecule has 2 aromatic heterocycles. The van der Waals surface area contributed by atoms with Crippen LogP contribution in [0.25, 0.3) is 116 Å². The van der Waals surface area contributed by atoms with Gasteiger partial charge in [-0.25, -0.2) is 15.0 Å². The van der Waals surface area contributed by atoms with E-state index in [2.05, 4.69) is 162 Å². The van der Waals surface area contributed by atoms with Crippen molar-refractivity contribution in [2.24, 2.45) is 0 Å². The Morgan fingerprint density at radius 3 is 1.25 bits per heavy atom. The van der Waals surface area contributed by atoms with Crippen LogP contribution in [0.3, 0.4) is 0 Å². The Balaban J connectivity index is 0.987. The van der Waals surface area contributed by atoms with E-state index >= 15 is 0 Å². The van der Waals surface area contributed by atoms with Gasteiger partial charge in [-0.3, -0.25) is 0 Å². The van der Waals surface area contributed by atoms with E-state index < -0.39 is 0 Å². The molecule has 0 N–H and O–H groups in total. The van der Waals surface area contributed by atoms with Crippen LogP contribution in [0.5, 0.6) is 0 Å². The Labute approximate surface area is 352 Å². The SMILES string of the molecule is c1ccc(-c2nc(-c3ccccc3)nc(-c3cccc(-c4ccc5c6ccccc6c6cc(-c7ccc8c(c7)c7ccccc7n8-c7ccccc7)ccc6c5c4)c3)n2)cc1. The Hall–Kier alpha value is -8.21. The van der Waals surface area contributed by atoms with Gasteiger partial charge in [0.15, 0.2) is 17.5 Å². The molecule has 0 amide bonds. The van der Waals surface area contributed by atoms with Gasteiger partial charge in [0.2, 0.25) is 0 Å².